The Morgan fingerprint density at radius 3 is 2.44 bits per heavy atom. The molecule has 0 radical (unpaired) electrons. The van der Waals surface area contributed by atoms with Crippen molar-refractivity contribution < 1.29 is 8.42 Å². The van der Waals surface area contributed by atoms with Crippen molar-refractivity contribution in [2.45, 2.75) is 20.4 Å². The first-order valence-electron chi connectivity index (χ1n) is 4.79. The number of rotatable bonds is 4. The zero-order valence-corrected chi connectivity index (χ0v) is 10.7. The van der Waals surface area contributed by atoms with Gasteiger partial charge in [-0.05, 0) is 19.9 Å². The van der Waals surface area contributed by atoms with Crippen LogP contribution in [-0.4, -0.2) is 36.8 Å². The third-order valence-corrected chi connectivity index (χ3v) is 3.41. The maximum atomic E-state index is 11.4. The maximum absolute atomic E-state index is 11.4. The standard InChI is InChI=1S/C9H16N4O2S/c1-7-5-9(12-8(2)11-7)6-10-16(14,15)13(3)4/h5,10H,6H2,1-4H3. The summed E-state index contributed by atoms with van der Waals surface area (Å²) in [6.07, 6.45) is 0. The van der Waals surface area contributed by atoms with Gasteiger partial charge in [-0.25, -0.2) is 9.97 Å². The Kier molecular flexibility index (Phi) is 3.95. The van der Waals surface area contributed by atoms with Crippen molar-refractivity contribution in [3.05, 3.63) is 23.3 Å². The summed E-state index contributed by atoms with van der Waals surface area (Å²) in [4.78, 5) is 8.25. The zero-order valence-electron chi connectivity index (χ0n) is 9.85. The van der Waals surface area contributed by atoms with Crippen molar-refractivity contribution in [3.8, 4) is 0 Å². The van der Waals surface area contributed by atoms with E-state index in [1.54, 1.807) is 13.0 Å². The second kappa shape index (κ2) is 4.86. The van der Waals surface area contributed by atoms with E-state index in [2.05, 4.69) is 14.7 Å². The molecule has 0 aromatic carbocycles. The molecular formula is C9H16N4O2S. The molecule has 0 aliphatic carbocycles. The van der Waals surface area contributed by atoms with Crippen LogP contribution >= 0.6 is 0 Å². The van der Waals surface area contributed by atoms with Crippen molar-refractivity contribution in [1.29, 1.82) is 0 Å². The van der Waals surface area contributed by atoms with Crippen LogP contribution in [-0.2, 0) is 16.8 Å². The molecule has 0 spiro atoms. The average Bonchev–Trinajstić information content (AvgIpc) is 2.13. The molecule has 0 saturated heterocycles. The first-order chi connectivity index (χ1) is 7.31. The van der Waals surface area contributed by atoms with Gasteiger partial charge in [0.05, 0.1) is 12.2 Å². The van der Waals surface area contributed by atoms with Gasteiger partial charge in [0.2, 0.25) is 0 Å². The zero-order chi connectivity index (χ0) is 12.3. The summed E-state index contributed by atoms with van der Waals surface area (Å²) in [5, 5.41) is 0. The summed E-state index contributed by atoms with van der Waals surface area (Å²) in [5.74, 6) is 0.638. The Balaban J connectivity index is 2.76. The third-order valence-electron chi connectivity index (χ3n) is 1.94. The highest BCUT2D eigenvalue weighted by Crippen LogP contribution is 2.01. The Morgan fingerprint density at radius 2 is 1.94 bits per heavy atom. The van der Waals surface area contributed by atoms with Crippen molar-refractivity contribution in [1.82, 2.24) is 19.0 Å². The van der Waals surface area contributed by atoms with Crippen LogP contribution in [0.4, 0.5) is 0 Å². The van der Waals surface area contributed by atoms with Gasteiger partial charge in [0.15, 0.2) is 0 Å². The predicted octanol–water partition coefficient (Wildman–Crippen LogP) is -0.0106. The molecule has 1 heterocycles. The Labute approximate surface area is 95.9 Å². The number of aryl methyl sites for hydroxylation is 2. The molecule has 0 aliphatic heterocycles. The lowest BCUT2D eigenvalue weighted by Gasteiger charge is -2.12. The van der Waals surface area contributed by atoms with Crippen LogP contribution in [0, 0.1) is 13.8 Å². The molecule has 0 saturated carbocycles. The smallest absolute Gasteiger partial charge is 0.239 e. The largest absolute Gasteiger partial charge is 0.279 e. The van der Waals surface area contributed by atoms with E-state index in [-0.39, 0.29) is 6.54 Å². The molecule has 1 aromatic rings. The van der Waals surface area contributed by atoms with E-state index in [0.717, 1.165) is 10.00 Å². The second-order valence-electron chi connectivity index (χ2n) is 3.66. The fourth-order valence-electron chi connectivity index (χ4n) is 1.18. The third kappa shape index (κ3) is 3.51. The van der Waals surface area contributed by atoms with E-state index in [4.69, 9.17) is 0 Å². The van der Waals surface area contributed by atoms with Crippen molar-refractivity contribution in [3.63, 3.8) is 0 Å². The van der Waals surface area contributed by atoms with E-state index >= 15 is 0 Å². The van der Waals surface area contributed by atoms with Crippen molar-refractivity contribution in [2.75, 3.05) is 14.1 Å². The van der Waals surface area contributed by atoms with Gasteiger partial charge < -0.3 is 0 Å². The minimum Gasteiger partial charge on any atom is -0.239 e. The highest BCUT2D eigenvalue weighted by Gasteiger charge is 2.12. The van der Waals surface area contributed by atoms with Gasteiger partial charge in [0.1, 0.15) is 5.82 Å². The normalized spacial score (nSPS) is 12.1. The summed E-state index contributed by atoms with van der Waals surface area (Å²) in [6, 6.07) is 1.76. The molecular weight excluding hydrogens is 228 g/mol. The van der Waals surface area contributed by atoms with Gasteiger partial charge in [-0.3, -0.25) is 0 Å². The molecule has 0 amide bonds. The van der Waals surface area contributed by atoms with Gasteiger partial charge >= 0.3 is 0 Å². The van der Waals surface area contributed by atoms with Crippen LogP contribution in [0.25, 0.3) is 0 Å². The van der Waals surface area contributed by atoms with Gasteiger partial charge in [0.25, 0.3) is 10.2 Å². The van der Waals surface area contributed by atoms with Crippen LogP contribution in [0.1, 0.15) is 17.2 Å². The lowest BCUT2D eigenvalue weighted by Crippen LogP contribution is -2.35. The summed E-state index contributed by atoms with van der Waals surface area (Å²) >= 11 is 0. The molecule has 90 valence electrons. The van der Waals surface area contributed by atoms with E-state index in [1.165, 1.54) is 14.1 Å². The summed E-state index contributed by atoms with van der Waals surface area (Å²) in [7, 11) is -0.457. The van der Waals surface area contributed by atoms with Gasteiger partial charge in [-0.2, -0.15) is 17.4 Å². The number of nitrogens with zero attached hydrogens (tertiary/aromatic N) is 3. The highest BCUT2D eigenvalue weighted by molar-refractivity contribution is 7.87. The molecule has 0 fully saturated rings. The maximum Gasteiger partial charge on any atom is 0.279 e. The molecule has 1 rings (SSSR count). The molecule has 0 bridgehead atoms. The molecule has 0 atom stereocenters. The van der Waals surface area contributed by atoms with Gasteiger partial charge in [-0.15, -0.1) is 0 Å². The number of hydrogen-bond acceptors (Lipinski definition) is 4. The van der Waals surface area contributed by atoms with Crippen LogP contribution in [0.2, 0.25) is 0 Å². The lowest BCUT2D eigenvalue weighted by molar-refractivity contribution is 0.504. The van der Waals surface area contributed by atoms with Gasteiger partial charge in [0, 0.05) is 19.8 Å². The molecule has 6 nitrogen and oxygen atoms in total. The summed E-state index contributed by atoms with van der Waals surface area (Å²) < 4.78 is 26.4. The molecule has 7 heteroatoms. The quantitative estimate of drug-likeness (QED) is 0.808. The van der Waals surface area contributed by atoms with Crippen LogP contribution < -0.4 is 4.72 Å². The SMILES string of the molecule is Cc1cc(CNS(=O)(=O)N(C)C)nc(C)n1. The highest BCUT2D eigenvalue weighted by atomic mass is 32.2. The molecule has 0 unspecified atom stereocenters. The Hall–Kier alpha value is -1.05. The summed E-state index contributed by atoms with van der Waals surface area (Å²) in [5.41, 5.74) is 1.49. The Morgan fingerprint density at radius 1 is 1.31 bits per heavy atom. The molecule has 16 heavy (non-hydrogen) atoms. The Bertz CT molecular complexity index is 450. The van der Waals surface area contributed by atoms with Crippen molar-refractivity contribution in [2.24, 2.45) is 0 Å². The monoisotopic (exact) mass is 244 g/mol. The number of hydrogen-bond donors (Lipinski definition) is 1. The first kappa shape index (κ1) is 13.0. The van der Waals surface area contributed by atoms with E-state index in [9.17, 15) is 8.42 Å². The van der Waals surface area contributed by atoms with Crippen LogP contribution in [0.5, 0.6) is 0 Å². The number of nitrogens with one attached hydrogen (secondary N) is 1. The van der Waals surface area contributed by atoms with Gasteiger partial charge in [-0.1, -0.05) is 0 Å². The molecule has 1 N–H and O–H groups in total. The fourth-order valence-corrected chi connectivity index (χ4v) is 1.77. The molecule has 0 aliphatic rings. The van der Waals surface area contributed by atoms with E-state index in [0.29, 0.717) is 11.5 Å². The minimum atomic E-state index is -3.40. The van der Waals surface area contributed by atoms with Crippen LogP contribution in [0.15, 0.2) is 6.07 Å². The fraction of sp³-hybridized carbons (Fsp3) is 0.556. The second-order valence-corrected chi connectivity index (χ2v) is 5.63. The minimum absolute atomic E-state index is 0.171. The lowest BCUT2D eigenvalue weighted by atomic mass is 10.3. The number of aromatic nitrogens is 2. The van der Waals surface area contributed by atoms with Crippen LogP contribution in [0.3, 0.4) is 0 Å². The van der Waals surface area contributed by atoms with E-state index in [1.807, 2.05) is 6.92 Å². The van der Waals surface area contributed by atoms with E-state index < -0.39 is 10.2 Å². The predicted molar refractivity (Wildman–Crippen MR) is 61.0 cm³/mol. The first-order valence-corrected chi connectivity index (χ1v) is 6.23. The average molecular weight is 244 g/mol. The summed E-state index contributed by atoms with van der Waals surface area (Å²) in [6.45, 7) is 3.79. The topological polar surface area (TPSA) is 75.2 Å². The van der Waals surface area contributed by atoms with Crippen molar-refractivity contribution >= 4 is 10.2 Å². The molecule has 1 aromatic heterocycles.